The molecule has 0 radical (unpaired) electrons. The van der Waals surface area contributed by atoms with E-state index in [1.165, 1.54) is 6.07 Å². The molecule has 0 bridgehead atoms. The molecule has 0 fully saturated rings. The van der Waals surface area contributed by atoms with Crippen LogP contribution < -0.4 is 5.69 Å². The molecule has 15 heavy (non-hydrogen) atoms. The van der Waals surface area contributed by atoms with Gasteiger partial charge in [-0.1, -0.05) is 23.7 Å². The highest BCUT2D eigenvalue weighted by Gasteiger charge is 2.08. The van der Waals surface area contributed by atoms with Crippen molar-refractivity contribution in [3.63, 3.8) is 0 Å². The molecule has 2 N–H and O–H groups in total. The SMILES string of the molecule is O=c1[nH]nc(Cc2cccc(Cl)c2F)[nH]1. The van der Waals surface area contributed by atoms with Crippen LogP contribution in [-0.4, -0.2) is 15.2 Å². The van der Waals surface area contributed by atoms with Crippen molar-refractivity contribution in [1.82, 2.24) is 15.2 Å². The summed E-state index contributed by atoms with van der Waals surface area (Å²) in [6.45, 7) is 0. The molecule has 0 saturated heterocycles. The van der Waals surface area contributed by atoms with Crippen LogP contribution >= 0.6 is 11.6 Å². The minimum Gasteiger partial charge on any atom is -0.293 e. The van der Waals surface area contributed by atoms with Gasteiger partial charge in [0.2, 0.25) is 0 Å². The maximum absolute atomic E-state index is 13.4. The van der Waals surface area contributed by atoms with Crippen molar-refractivity contribution in [3.8, 4) is 0 Å². The topological polar surface area (TPSA) is 61.5 Å². The minimum atomic E-state index is -0.483. The Hall–Kier alpha value is -1.62. The number of nitrogens with zero attached hydrogens (tertiary/aromatic N) is 1. The third-order valence-electron chi connectivity index (χ3n) is 1.94. The number of H-pyrrole nitrogens is 2. The summed E-state index contributed by atoms with van der Waals surface area (Å²) < 4.78 is 13.4. The summed E-state index contributed by atoms with van der Waals surface area (Å²) in [5, 5.41) is 5.95. The molecule has 1 aromatic heterocycles. The zero-order valence-corrected chi connectivity index (χ0v) is 8.31. The van der Waals surface area contributed by atoms with Gasteiger partial charge in [0.25, 0.3) is 0 Å². The first-order valence-electron chi connectivity index (χ1n) is 4.23. The van der Waals surface area contributed by atoms with E-state index in [1.54, 1.807) is 12.1 Å². The Kier molecular flexibility index (Phi) is 2.55. The van der Waals surface area contributed by atoms with E-state index in [2.05, 4.69) is 15.2 Å². The molecule has 78 valence electrons. The van der Waals surface area contributed by atoms with Gasteiger partial charge < -0.3 is 0 Å². The largest absolute Gasteiger partial charge is 0.340 e. The van der Waals surface area contributed by atoms with E-state index in [0.29, 0.717) is 11.4 Å². The van der Waals surface area contributed by atoms with E-state index < -0.39 is 11.5 Å². The van der Waals surface area contributed by atoms with Gasteiger partial charge in [-0.15, -0.1) is 0 Å². The van der Waals surface area contributed by atoms with Gasteiger partial charge >= 0.3 is 5.69 Å². The maximum Gasteiger partial charge on any atom is 0.340 e. The van der Waals surface area contributed by atoms with Crippen molar-refractivity contribution in [2.24, 2.45) is 0 Å². The van der Waals surface area contributed by atoms with Crippen molar-refractivity contribution in [3.05, 3.63) is 50.9 Å². The summed E-state index contributed by atoms with van der Waals surface area (Å²) in [5.41, 5.74) is -0.0160. The molecule has 0 amide bonds. The molecule has 0 aliphatic carbocycles. The van der Waals surface area contributed by atoms with Crippen LogP contribution in [0.3, 0.4) is 0 Å². The number of nitrogens with one attached hydrogen (secondary N) is 2. The van der Waals surface area contributed by atoms with Crippen LogP contribution in [0.25, 0.3) is 0 Å². The molecular formula is C9H7ClFN3O. The maximum atomic E-state index is 13.4. The fourth-order valence-electron chi connectivity index (χ4n) is 1.25. The Bertz CT molecular complexity index is 534. The van der Waals surface area contributed by atoms with Crippen molar-refractivity contribution >= 4 is 11.6 Å². The molecule has 2 aromatic rings. The monoisotopic (exact) mass is 227 g/mol. The molecular weight excluding hydrogens is 221 g/mol. The Labute approximate surface area is 89.1 Å². The van der Waals surface area contributed by atoms with E-state index in [0.717, 1.165) is 0 Å². The van der Waals surface area contributed by atoms with Crippen LogP contribution in [0.15, 0.2) is 23.0 Å². The van der Waals surface area contributed by atoms with E-state index in [-0.39, 0.29) is 11.4 Å². The lowest BCUT2D eigenvalue weighted by Crippen LogP contribution is -2.02. The second-order valence-corrected chi connectivity index (χ2v) is 3.42. The van der Waals surface area contributed by atoms with Crippen LogP contribution in [0.2, 0.25) is 5.02 Å². The number of halogens is 2. The normalized spacial score (nSPS) is 10.5. The molecule has 1 aromatic carbocycles. The van der Waals surface area contributed by atoms with Crippen LogP contribution in [-0.2, 0) is 6.42 Å². The zero-order valence-electron chi connectivity index (χ0n) is 7.55. The standard InChI is InChI=1S/C9H7ClFN3O/c10-6-3-1-2-5(8(6)11)4-7-12-9(15)14-13-7/h1-3H,4H2,(H2,12,13,14,15). The van der Waals surface area contributed by atoms with Gasteiger partial charge in [0.1, 0.15) is 11.6 Å². The summed E-state index contributed by atoms with van der Waals surface area (Å²) in [5.74, 6) is -0.107. The zero-order chi connectivity index (χ0) is 10.8. The first-order valence-corrected chi connectivity index (χ1v) is 4.61. The quantitative estimate of drug-likeness (QED) is 0.816. The highest BCUT2D eigenvalue weighted by atomic mass is 35.5. The average Bonchev–Trinajstić information content (AvgIpc) is 2.59. The van der Waals surface area contributed by atoms with E-state index in [1.807, 2.05) is 0 Å². The lowest BCUT2D eigenvalue weighted by atomic mass is 10.1. The molecule has 0 atom stereocenters. The lowest BCUT2D eigenvalue weighted by Gasteiger charge is -2.01. The van der Waals surface area contributed by atoms with Crippen molar-refractivity contribution in [2.45, 2.75) is 6.42 Å². The van der Waals surface area contributed by atoms with Crippen LogP contribution in [0, 0.1) is 5.82 Å². The summed E-state index contributed by atoms with van der Waals surface area (Å²) in [7, 11) is 0. The Morgan fingerprint density at radius 2 is 2.27 bits per heavy atom. The van der Waals surface area contributed by atoms with Gasteiger partial charge in [-0.2, -0.15) is 5.10 Å². The molecule has 0 unspecified atom stereocenters. The first kappa shape index (κ1) is 9.92. The Morgan fingerprint density at radius 1 is 1.47 bits per heavy atom. The Balaban J connectivity index is 2.32. The van der Waals surface area contributed by atoms with Gasteiger partial charge in [0.15, 0.2) is 0 Å². The molecule has 1 heterocycles. The predicted molar refractivity (Wildman–Crippen MR) is 53.4 cm³/mol. The van der Waals surface area contributed by atoms with Crippen LogP contribution in [0.5, 0.6) is 0 Å². The number of aromatic nitrogens is 3. The van der Waals surface area contributed by atoms with Crippen molar-refractivity contribution in [1.29, 1.82) is 0 Å². The predicted octanol–water partition coefficient (Wildman–Crippen LogP) is 1.48. The Morgan fingerprint density at radius 3 is 2.93 bits per heavy atom. The van der Waals surface area contributed by atoms with Crippen molar-refractivity contribution < 1.29 is 4.39 Å². The third-order valence-corrected chi connectivity index (χ3v) is 2.23. The van der Waals surface area contributed by atoms with Gasteiger partial charge in [-0.05, 0) is 11.6 Å². The molecule has 2 rings (SSSR count). The van der Waals surface area contributed by atoms with Gasteiger partial charge in [0, 0.05) is 6.42 Å². The number of hydrogen-bond acceptors (Lipinski definition) is 2. The summed E-state index contributed by atoms with van der Waals surface area (Å²) in [6.07, 6.45) is 0.200. The molecule has 0 aliphatic heterocycles. The smallest absolute Gasteiger partial charge is 0.293 e. The lowest BCUT2D eigenvalue weighted by molar-refractivity contribution is 0.612. The fourth-order valence-corrected chi connectivity index (χ4v) is 1.45. The molecule has 0 spiro atoms. The van der Waals surface area contributed by atoms with Crippen LogP contribution in [0.1, 0.15) is 11.4 Å². The van der Waals surface area contributed by atoms with Crippen LogP contribution in [0.4, 0.5) is 4.39 Å². The number of rotatable bonds is 2. The molecule has 6 heteroatoms. The minimum absolute atomic E-state index is 0.0605. The van der Waals surface area contributed by atoms with Gasteiger partial charge in [-0.3, -0.25) is 4.98 Å². The summed E-state index contributed by atoms with van der Waals surface area (Å²) >= 11 is 5.61. The summed E-state index contributed by atoms with van der Waals surface area (Å²) in [6, 6.07) is 4.70. The number of aromatic amines is 2. The first-order chi connectivity index (χ1) is 7.16. The molecule has 4 nitrogen and oxygen atoms in total. The van der Waals surface area contributed by atoms with E-state index in [4.69, 9.17) is 11.6 Å². The second-order valence-electron chi connectivity index (χ2n) is 3.01. The fraction of sp³-hybridized carbons (Fsp3) is 0.111. The second kappa shape index (κ2) is 3.86. The molecule has 0 aliphatic rings. The van der Waals surface area contributed by atoms with E-state index in [9.17, 15) is 9.18 Å². The highest BCUT2D eigenvalue weighted by molar-refractivity contribution is 6.30. The summed E-state index contributed by atoms with van der Waals surface area (Å²) in [4.78, 5) is 13.2. The van der Waals surface area contributed by atoms with E-state index >= 15 is 0 Å². The number of benzene rings is 1. The van der Waals surface area contributed by atoms with Gasteiger partial charge in [-0.25, -0.2) is 14.3 Å². The molecule has 0 saturated carbocycles. The number of hydrogen-bond donors (Lipinski definition) is 2. The van der Waals surface area contributed by atoms with Gasteiger partial charge in [0.05, 0.1) is 5.02 Å². The third kappa shape index (κ3) is 2.07. The van der Waals surface area contributed by atoms with Crippen molar-refractivity contribution in [2.75, 3.05) is 0 Å². The highest BCUT2D eigenvalue weighted by Crippen LogP contribution is 2.18. The average molecular weight is 228 g/mol.